The Labute approximate surface area is 201 Å². The fourth-order valence-electron chi connectivity index (χ4n) is 4.97. The van der Waals surface area contributed by atoms with Crippen LogP contribution >= 0.6 is 0 Å². The van der Waals surface area contributed by atoms with Gasteiger partial charge in [0.2, 0.25) is 5.91 Å². The molecule has 1 spiro atoms. The molecule has 11 heteroatoms. The van der Waals surface area contributed by atoms with Gasteiger partial charge in [0.15, 0.2) is 0 Å². The molecule has 5 rings (SSSR count). The van der Waals surface area contributed by atoms with Crippen molar-refractivity contribution < 1.29 is 32.2 Å². The van der Waals surface area contributed by atoms with Gasteiger partial charge in [0, 0.05) is 30.4 Å². The molecule has 0 atom stereocenters. The number of fused-ring (bicyclic) bond motifs is 2. The number of methoxy groups -OCH3 is 1. The first-order chi connectivity index (χ1) is 16.6. The summed E-state index contributed by atoms with van der Waals surface area (Å²) in [4.78, 5) is 25.0. The second-order valence-corrected chi connectivity index (χ2v) is 10.6. The predicted molar refractivity (Wildman–Crippen MR) is 127 cm³/mol. The third-order valence-corrected chi connectivity index (χ3v) is 8.46. The van der Waals surface area contributed by atoms with E-state index >= 15 is 0 Å². The summed E-state index contributed by atoms with van der Waals surface area (Å²) in [6.45, 7) is 0.466. The number of nitrogens with one attached hydrogen (secondary N) is 2. The van der Waals surface area contributed by atoms with E-state index in [-0.39, 0.29) is 30.4 Å². The van der Waals surface area contributed by atoms with Crippen molar-refractivity contribution in [3.63, 3.8) is 0 Å². The van der Waals surface area contributed by atoms with Gasteiger partial charge < -0.3 is 20.1 Å². The van der Waals surface area contributed by atoms with Crippen LogP contribution in [-0.4, -0.2) is 50.6 Å². The van der Waals surface area contributed by atoms with E-state index in [4.69, 9.17) is 4.74 Å². The summed E-state index contributed by atoms with van der Waals surface area (Å²) >= 11 is 0. The molecule has 0 radical (unpaired) electrons. The Balaban J connectivity index is 1.57. The average Bonchev–Trinajstić information content (AvgIpc) is 3.10. The fourth-order valence-corrected chi connectivity index (χ4v) is 6.07. The first kappa shape index (κ1) is 23.2. The zero-order valence-electron chi connectivity index (χ0n) is 18.9. The summed E-state index contributed by atoms with van der Waals surface area (Å²) in [5.41, 5.74) is 2.28. The summed E-state index contributed by atoms with van der Waals surface area (Å²) in [5.74, 6) is -0.878. The van der Waals surface area contributed by atoms with Gasteiger partial charge in [-0.25, -0.2) is 17.6 Å². The Kier molecular flexibility index (Phi) is 5.47. The smallest absolute Gasteiger partial charge is 0.407 e. The molecule has 3 aliphatic rings. The normalized spacial score (nSPS) is 18.4. The molecule has 2 heterocycles. The van der Waals surface area contributed by atoms with Gasteiger partial charge in [-0.05, 0) is 54.7 Å². The summed E-state index contributed by atoms with van der Waals surface area (Å²) < 4.78 is 48.1. The number of amides is 2. The zero-order valence-corrected chi connectivity index (χ0v) is 19.7. The fraction of sp³-hybridized carbons (Fsp3) is 0.333. The molecule has 0 aromatic heterocycles. The molecule has 1 aliphatic carbocycles. The predicted octanol–water partition coefficient (Wildman–Crippen LogP) is 3.78. The molecule has 2 aliphatic heterocycles. The molecule has 2 aromatic carbocycles. The lowest BCUT2D eigenvalue weighted by atomic mass is 9.65. The maximum atomic E-state index is 14.5. The third-order valence-electron chi connectivity index (χ3n) is 7.04. The van der Waals surface area contributed by atoms with Gasteiger partial charge in [0.25, 0.3) is 10.0 Å². The van der Waals surface area contributed by atoms with Crippen molar-refractivity contribution in [1.82, 2.24) is 4.90 Å². The molecule has 2 aromatic rings. The number of anilines is 2. The van der Waals surface area contributed by atoms with Crippen LogP contribution < -0.4 is 14.8 Å². The minimum absolute atomic E-state index is 0.121. The van der Waals surface area contributed by atoms with E-state index in [2.05, 4.69) is 10.0 Å². The van der Waals surface area contributed by atoms with Crippen LogP contribution in [0.15, 0.2) is 41.3 Å². The third kappa shape index (κ3) is 3.79. The maximum absolute atomic E-state index is 14.5. The van der Waals surface area contributed by atoms with Crippen molar-refractivity contribution >= 4 is 39.0 Å². The Morgan fingerprint density at radius 1 is 1.26 bits per heavy atom. The average molecular weight is 502 g/mol. The number of carbonyl (C=O) groups excluding carboxylic acids is 1. The zero-order chi connectivity index (χ0) is 25.0. The van der Waals surface area contributed by atoms with E-state index < -0.39 is 32.2 Å². The Morgan fingerprint density at radius 3 is 2.60 bits per heavy atom. The Morgan fingerprint density at radius 2 is 2.03 bits per heavy atom. The lowest BCUT2D eigenvalue weighted by Gasteiger charge is -2.36. The van der Waals surface area contributed by atoms with Gasteiger partial charge >= 0.3 is 6.09 Å². The second kappa shape index (κ2) is 8.26. The van der Waals surface area contributed by atoms with E-state index in [0.29, 0.717) is 36.1 Å². The van der Waals surface area contributed by atoms with Crippen molar-refractivity contribution in [3.05, 3.63) is 53.4 Å². The molecule has 1 fully saturated rings. The number of benzene rings is 2. The van der Waals surface area contributed by atoms with Gasteiger partial charge in [-0.3, -0.25) is 9.52 Å². The van der Waals surface area contributed by atoms with Crippen LogP contribution in [-0.2, 0) is 20.2 Å². The number of hydrogen-bond acceptors (Lipinski definition) is 5. The first-order valence-corrected chi connectivity index (χ1v) is 12.7. The van der Waals surface area contributed by atoms with E-state index in [9.17, 15) is 27.5 Å². The van der Waals surface area contributed by atoms with Gasteiger partial charge in [0.1, 0.15) is 16.5 Å². The number of rotatable bonds is 5. The van der Waals surface area contributed by atoms with Gasteiger partial charge in [-0.1, -0.05) is 12.5 Å². The van der Waals surface area contributed by atoms with Crippen LogP contribution in [0.5, 0.6) is 5.75 Å². The van der Waals surface area contributed by atoms with Crippen LogP contribution in [0.3, 0.4) is 0 Å². The van der Waals surface area contributed by atoms with E-state index in [0.717, 1.165) is 24.1 Å². The molecule has 2 amide bonds. The number of sulfonamides is 1. The standard InChI is InChI=1S/C24H24FN3O6S/c1-34-16-3-4-20(19(25)13-16)35(32,33)27-15-11-17(14-5-9-28(10-6-14)23(30)31)21-18(12-15)24(7-2-8-24)22(29)26-21/h3-5,11-13,27H,2,6-10H2,1H3,(H,26,29)(H,30,31). The van der Waals surface area contributed by atoms with Gasteiger partial charge in [0.05, 0.1) is 18.2 Å². The van der Waals surface area contributed by atoms with Crippen LogP contribution in [0, 0.1) is 5.82 Å². The van der Waals surface area contributed by atoms with Gasteiger partial charge in [-0.2, -0.15) is 0 Å². The molecule has 3 N–H and O–H groups in total. The van der Waals surface area contributed by atoms with Crippen LogP contribution in [0.4, 0.5) is 20.6 Å². The van der Waals surface area contributed by atoms with Gasteiger partial charge in [-0.15, -0.1) is 0 Å². The highest BCUT2D eigenvalue weighted by Gasteiger charge is 2.52. The maximum Gasteiger partial charge on any atom is 0.407 e. The molecule has 0 bridgehead atoms. The Bertz CT molecular complexity index is 1380. The molecule has 1 saturated carbocycles. The monoisotopic (exact) mass is 501 g/mol. The lowest BCUT2D eigenvalue weighted by molar-refractivity contribution is -0.123. The van der Waals surface area contributed by atoms with Crippen molar-refractivity contribution in [2.24, 2.45) is 0 Å². The van der Waals surface area contributed by atoms with Crippen molar-refractivity contribution in [3.8, 4) is 5.75 Å². The minimum Gasteiger partial charge on any atom is -0.497 e. The minimum atomic E-state index is -4.28. The molecule has 184 valence electrons. The SMILES string of the molecule is COc1ccc(S(=O)(=O)Nc2cc(C3=CCN(C(=O)O)CC3)c3c(c2)C2(CCC2)C(=O)N3)c(F)c1. The van der Waals surface area contributed by atoms with Crippen LogP contribution in [0.2, 0.25) is 0 Å². The molecular weight excluding hydrogens is 477 g/mol. The Hall–Kier alpha value is -3.60. The van der Waals surface area contributed by atoms with Crippen molar-refractivity contribution in [2.45, 2.75) is 36.0 Å². The van der Waals surface area contributed by atoms with Crippen LogP contribution in [0.25, 0.3) is 5.57 Å². The van der Waals surface area contributed by atoms with Crippen molar-refractivity contribution in [1.29, 1.82) is 0 Å². The van der Waals surface area contributed by atoms with E-state index in [1.807, 2.05) is 0 Å². The second-order valence-electron chi connectivity index (χ2n) is 8.95. The lowest BCUT2D eigenvalue weighted by Crippen LogP contribution is -2.40. The number of carbonyl (C=O) groups is 2. The quantitative estimate of drug-likeness (QED) is 0.573. The topological polar surface area (TPSA) is 125 Å². The largest absolute Gasteiger partial charge is 0.497 e. The number of ether oxygens (including phenoxy) is 1. The molecule has 0 saturated heterocycles. The summed E-state index contributed by atoms with van der Waals surface area (Å²) in [7, 11) is -2.93. The number of nitrogens with zero attached hydrogens (tertiary/aromatic N) is 1. The molecule has 0 unspecified atom stereocenters. The number of halogens is 1. The number of hydrogen-bond donors (Lipinski definition) is 3. The highest BCUT2D eigenvalue weighted by atomic mass is 32.2. The first-order valence-electron chi connectivity index (χ1n) is 11.2. The summed E-state index contributed by atoms with van der Waals surface area (Å²) in [6, 6.07) is 6.74. The number of carboxylic acid groups (broad SMARTS) is 1. The van der Waals surface area contributed by atoms with Crippen LogP contribution in [0.1, 0.15) is 36.8 Å². The molecular formula is C24H24FN3O6S. The van der Waals surface area contributed by atoms with E-state index in [1.165, 1.54) is 18.1 Å². The highest BCUT2D eigenvalue weighted by molar-refractivity contribution is 7.92. The summed E-state index contributed by atoms with van der Waals surface area (Å²) in [6.07, 6.45) is 3.35. The van der Waals surface area contributed by atoms with Crippen molar-refractivity contribution in [2.75, 3.05) is 30.2 Å². The highest BCUT2D eigenvalue weighted by Crippen LogP contribution is 2.54. The molecule has 9 nitrogen and oxygen atoms in total. The summed E-state index contributed by atoms with van der Waals surface area (Å²) in [5, 5.41) is 12.2. The molecule has 35 heavy (non-hydrogen) atoms. The van der Waals surface area contributed by atoms with E-state index in [1.54, 1.807) is 18.2 Å².